The molecule has 9 heteroatoms. The summed E-state index contributed by atoms with van der Waals surface area (Å²) in [4.78, 5) is 24.2. The summed E-state index contributed by atoms with van der Waals surface area (Å²) in [5.41, 5.74) is 1.59. The maximum absolute atomic E-state index is 12.6. The minimum absolute atomic E-state index is 0.123. The van der Waals surface area contributed by atoms with Crippen molar-refractivity contribution in [2.24, 2.45) is 0 Å². The van der Waals surface area contributed by atoms with Crippen LogP contribution in [0.15, 0.2) is 53.7 Å². The van der Waals surface area contributed by atoms with Crippen molar-refractivity contribution in [3.8, 4) is 11.4 Å². The van der Waals surface area contributed by atoms with Gasteiger partial charge in [0.25, 0.3) is 0 Å². The van der Waals surface area contributed by atoms with Crippen LogP contribution in [0.3, 0.4) is 0 Å². The Labute approximate surface area is 159 Å². The smallest absolute Gasteiger partial charge is 0.237 e. The molecule has 0 unspecified atom stereocenters. The zero-order valence-corrected chi connectivity index (χ0v) is 15.5. The van der Waals surface area contributed by atoms with E-state index in [9.17, 15) is 14.7 Å². The Morgan fingerprint density at radius 2 is 1.85 bits per heavy atom. The van der Waals surface area contributed by atoms with Crippen LogP contribution < -0.4 is 5.32 Å². The van der Waals surface area contributed by atoms with Crippen molar-refractivity contribution in [2.75, 3.05) is 5.32 Å². The highest BCUT2D eigenvalue weighted by atomic mass is 32.2. The standard InChI is InChI=1S/C18H17N5O3S/c1-11(24)15-5-3-4-6-16(15)19-17(26)12(2)27-18-20-21-22-23(18)13-7-9-14(25)10-8-13/h3-10,12,25H,1-2H3,(H,19,26)/t12-/m1/s1. The van der Waals surface area contributed by atoms with E-state index in [-0.39, 0.29) is 17.4 Å². The molecule has 0 saturated heterocycles. The van der Waals surface area contributed by atoms with Gasteiger partial charge in [0.2, 0.25) is 11.1 Å². The summed E-state index contributed by atoms with van der Waals surface area (Å²) in [6, 6.07) is 13.3. The fourth-order valence-electron chi connectivity index (χ4n) is 2.35. The number of rotatable bonds is 6. The second-order valence-electron chi connectivity index (χ2n) is 5.74. The summed E-state index contributed by atoms with van der Waals surface area (Å²) in [6.07, 6.45) is 0. The number of Topliss-reactive ketones (excluding diaryl/α,β-unsaturated/α-hetero) is 1. The van der Waals surface area contributed by atoms with Crippen molar-refractivity contribution in [1.82, 2.24) is 20.2 Å². The fourth-order valence-corrected chi connectivity index (χ4v) is 3.16. The number of ketones is 1. The molecular formula is C18H17N5O3S. The molecule has 0 saturated carbocycles. The molecule has 27 heavy (non-hydrogen) atoms. The van der Waals surface area contributed by atoms with Crippen LogP contribution in [0.2, 0.25) is 0 Å². The quantitative estimate of drug-likeness (QED) is 0.497. The Kier molecular flexibility index (Phi) is 5.51. The molecule has 0 aliphatic rings. The van der Waals surface area contributed by atoms with Gasteiger partial charge in [-0.05, 0) is 60.7 Å². The molecule has 0 aliphatic carbocycles. The summed E-state index contributed by atoms with van der Waals surface area (Å²) in [7, 11) is 0. The van der Waals surface area contributed by atoms with Crippen LogP contribution in [0.5, 0.6) is 5.75 Å². The van der Waals surface area contributed by atoms with Crippen LogP contribution in [0.4, 0.5) is 5.69 Å². The summed E-state index contributed by atoms with van der Waals surface area (Å²) < 4.78 is 1.48. The van der Waals surface area contributed by atoms with E-state index in [0.717, 1.165) is 0 Å². The molecule has 2 aromatic carbocycles. The first-order valence-electron chi connectivity index (χ1n) is 8.11. The molecule has 1 amide bonds. The maximum Gasteiger partial charge on any atom is 0.237 e. The molecule has 138 valence electrons. The third-order valence-corrected chi connectivity index (χ3v) is 4.78. The lowest BCUT2D eigenvalue weighted by Gasteiger charge is -2.13. The van der Waals surface area contributed by atoms with Crippen LogP contribution >= 0.6 is 11.8 Å². The minimum atomic E-state index is -0.508. The lowest BCUT2D eigenvalue weighted by molar-refractivity contribution is -0.115. The number of nitrogens with zero attached hydrogens (tertiary/aromatic N) is 4. The van der Waals surface area contributed by atoms with E-state index in [1.165, 1.54) is 35.5 Å². The van der Waals surface area contributed by atoms with E-state index in [0.29, 0.717) is 22.1 Å². The van der Waals surface area contributed by atoms with Gasteiger partial charge in [0.15, 0.2) is 5.78 Å². The van der Waals surface area contributed by atoms with E-state index < -0.39 is 5.25 Å². The van der Waals surface area contributed by atoms with Crippen molar-refractivity contribution < 1.29 is 14.7 Å². The van der Waals surface area contributed by atoms with Gasteiger partial charge in [-0.2, -0.15) is 4.68 Å². The van der Waals surface area contributed by atoms with Gasteiger partial charge in [-0.25, -0.2) is 0 Å². The van der Waals surface area contributed by atoms with E-state index in [1.54, 1.807) is 43.3 Å². The van der Waals surface area contributed by atoms with E-state index in [2.05, 4.69) is 20.8 Å². The fraction of sp³-hybridized carbons (Fsp3) is 0.167. The van der Waals surface area contributed by atoms with E-state index in [1.807, 2.05) is 0 Å². The second-order valence-corrected chi connectivity index (χ2v) is 7.05. The minimum Gasteiger partial charge on any atom is -0.508 e. The molecule has 2 N–H and O–H groups in total. The van der Waals surface area contributed by atoms with Crippen LogP contribution in [-0.2, 0) is 4.79 Å². The molecule has 0 spiro atoms. The average molecular weight is 383 g/mol. The number of thioether (sulfide) groups is 1. The summed E-state index contributed by atoms with van der Waals surface area (Å²) in [5.74, 6) is -0.255. The first-order chi connectivity index (χ1) is 13.0. The maximum atomic E-state index is 12.6. The largest absolute Gasteiger partial charge is 0.508 e. The first kappa shape index (κ1) is 18.6. The van der Waals surface area contributed by atoms with Gasteiger partial charge in [-0.15, -0.1) is 5.10 Å². The molecule has 1 atom stereocenters. The molecule has 0 aliphatic heterocycles. The second kappa shape index (κ2) is 8.00. The number of carbonyl (C=O) groups excluding carboxylic acids is 2. The van der Waals surface area contributed by atoms with E-state index in [4.69, 9.17) is 0 Å². The Hall–Kier alpha value is -3.20. The number of aromatic hydroxyl groups is 1. The van der Waals surface area contributed by atoms with Crippen molar-refractivity contribution in [3.63, 3.8) is 0 Å². The molecule has 0 radical (unpaired) electrons. The van der Waals surface area contributed by atoms with Gasteiger partial charge in [0.05, 0.1) is 16.6 Å². The van der Waals surface area contributed by atoms with Crippen LogP contribution in [0, 0.1) is 0 Å². The topological polar surface area (TPSA) is 110 Å². The Balaban J connectivity index is 1.74. The highest BCUT2D eigenvalue weighted by Gasteiger charge is 2.20. The molecule has 0 fully saturated rings. The number of anilines is 1. The molecule has 8 nitrogen and oxygen atoms in total. The molecular weight excluding hydrogens is 366 g/mol. The van der Waals surface area contributed by atoms with Gasteiger partial charge in [0, 0.05) is 5.56 Å². The number of phenolic OH excluding ortho intramolecular Hbond substituents is 1. The zero-order chi connectivity index (χ0) is 19.4. The lowest BCUT2D eigenvalue weighted by atomic mass is 10.1. The first-order valence-corrected chi connectivity index (χ1v) is 8.99. The zero-order valence-electron chi connectivity index (χ0n) is 14.7. The van der Waals surface area contributed by atoms with Crippen molar-refractivity contribution in [3.05, 3.63) is 54.1 Å². The number of amides is 1. The molecule has 3 rings (SSSR count). The molecule has 0 bridgehead atoms. The van der Waals surface area contributed by atoms with Crippen molar-refractivity contribution in [1.29, 1.82) is 0 Å². The van der Waals surface area contributed by atoms with Gasteiger partial charge in [0.1, 0.15) is 5.75 Å². The lowest BCUT2D eigenvalue weighted by Crippen LogP contribution is -2.24. The predicted octanol–water partition coefficient (Wildman–Crippen LogP) is 2.69. The highest BCUT2D eigenvalue weighted by molar-refractivity contribution is 8.00. The number of phenols is 1. The predicted molar refractivity (Wildman–Crippen MR) is 101 cm³/mol. The van der Waals surface area contributed by atoms with Gasteiger partial charge in [-0.3, -0.25) is 9.59 Å². The van der Waals surface area contributed by atoms with Gasteiger partial charge < -0.3 is 10.4 Å². The van der Waals surface area contributed by atoms with Crippen LogP contribution in [-0.4, -0.2) is 42.3 Å². The van der Waals surface area contributed by atoms with Crippen LogP contribution in [0.1, 0.15) is 24.2 Å². The molecule has 3 aromatic rings. The van der Waals surface area contributed by atoms with Crippen molar-refractivity contribution in [2.45, 2.75) is 24.3 Å². The van der Waals surface area contributed by atoms with Crippen molar-refractivity contribution >= 4 is 29.1 Å². The van der Waals surface area contributed by atoms with Crippen LogP contribution in [0.25, 0.3) is 5.69 Å². The SMILES string of the molecule is CC(=O)c1ccccc1NC(=O)[C@@H](C)Sc1nnnn1-c1ccc(O)cc1. The number of aromatic nitrogens is 4. The van der Waals surface area contributed by atoms with Gasteiger partial charge >= 0.3 is 0 Å². The number of carbonyl (C=O) groups is 2. The number of tetrazole rings is 1. The highest BCUT2D eigenvalue weighted by Crippen LogP contribution is 2.25. The van der Waals surface area contributed by atoms with Gasteiger partial charge in [-0.1, -0.05) is 23.9 Å². The number of hydrogen-bond acceptors (Lipinski definition) is 7. The average Bonchev–Trinajstić information content (AvgIpc) is 3.10. The summed E-state index contributed by atoms with van der Waals surface area (Å²) in [6.45, 7) is 3.18. The third kappa shape index (κ3) is 4.32. The number of para-hydroxylation sites is 1. The summed E-state index contributed by atoms with van der Waals surface area (Å²) >= 11 is 1.18. The summed E-state index contributed by atoms with van der Waals surface area (Å²) in [5, 5.41) is 23.6. The Morgan fingerprint density at radius 1 is 1.15 bits per heavy atom. The third-order valence-electron chi connectivity index (χ3n) is 3.75. The number of hydrogen-bond donors (Lipinski definition) is 2. The molecule has 1 heterocycles. The number of benzene rings is 2. The normalized spacial score (nSPS) is 11.8. The monoisotopic (exact) mass is 383 g/mol. The Morgan fingerprint density at radius 3 is 2.56 bits per heavy atom. The molecule has 1 aromatic heterocycles. The number of nitrogens with one attached hydrogen (secondary N) is 1. The Bertz CT molecular complexity index is 971. The van der Waals surface area contributed by atoms with E-state index >= 15 is 0 Å².